The van der Waals surface area contributed by atoms with E-state index in [4.69, 9.17) is 4.74 Å². The van der Waals surface area contributed by atoms with Crippen LogP contribution < -0.4 is 5.32 Å². The summed E-state index contributed by atoms with van der Waals surface area (Å²) in [6, 6.07) is 16.0. The molecule has 0 fully saturated rings. The molecule has 7 heteroatoms. The van der Waals surface area contributed by atoms with Crippen LogP contribution in [-0.2, 0) is 28.9 Å². The summed E-state index contributed by atoms with van der Waals surface area (Å²) in [7, 11) is 1.69. The lowest BCUT2D eigenvalue weighted by Gasteiger charge is -2.24. The minimum atomic E-state index is -0.568. The molecular weight excluding hydrogens is 440 g/mol. The van der Waals surface area contributed by atoms with E-state index in [1.807, 2.05) is 52.0 Å². The van der Waals surface area contributed by atoms with Crippen LogP contribution in [0.15, 0.2) is 42.5 Å². The molecule has 35 heavy (non-hydrogen) atoms. The van der Waals surface area contributed by atoms with Crippen LogP contribution in [0.3, 0.4) is 0 Å². The van der Waals surface area contributed by atoms with Gasteiger partial charge in [0.15, 0.2) is 0 Å². The van der Waals surface area contributed by atoms with Crippen molar-refractivity contribution in [3.63, 3.8) is 0 Å². The van der Waals surface area contributed by atoms with Crippen molar-refractivity contribution in [2.24, 2.45) is 0 Å². The SMILES string of the molecule is CC(=O)Nc1cc(C)c2ccc(CCc3cc(C#N)cc(CN(C)C(=O)OC(C)(C)C)c3)cc2n1. The number of nitriles is 1. The fraction of sp³-hybridized carbons (Fsp3) is 0.357. The average molecular weight is 473 g/mol. The number of hydrogen-bond donors (Lipinski definition) is 1. The molecule has 0 bridgehead atoms. The van der Waals surface area contributed by atoms with Crippen LogP contribution in [0.5, 0.6) is 0 Å². The smallest absolute Gasteiger partial charge is 0.410 e. The van der Waals surface area contributed by atoms with Gasteiger partial charge in [0.25, 0.3) is 0 Å². The van der Waals surface area contributed by atoms with Crippen molar-refractivity contribution in [2.45, 2.75) is 59.6 Å². The molecule has 1 aromatic heterocycles. The lowest BCUT2D eigenvalue weighted by Crippen LogP contribution is -2.33. The van der Waals surface area contributed by atoms with Gasteiger partial charge in [-0.3, -0.25) is 4.79 Å². The van der Waals surface area contributed by atoms with E-state index in [0.29, 0.717) is 17.9 Å². The number of fused-ring (bicyclic) bond motifs is 1. The zero-order valence-corrected chi connectivity index (χ0v) is 21.2. The van der Waals surface area contributed by atoms with Crippen LogP contribution in [-0.4, -0.2) is 34.5 Å². The van der Waals surface area contributed by atoms with Gasteiger partial charge in [-0.15, -0.1) is 0 Å². The zero-order chi connectivity index (χ0) is 25.8. The van der Waals surface area contributed by atoms with E-state index < -0.39 is 11.7 Å². The van der Waals surface area contributed by atoms with Gasteiger partial charge in [0.1, 0.15) is 11.4 Å². The number of ether oxygens (including phenoxy) is 1. The summed E-state index contributed by atoms with van der Waals surface area (Å²) in [5.41, 5.74) is 4.88. The number of rotatable bonds is 6. The molecule has 7 nitrogen and oxygen atoms in total. The normalized spacial score (nSPS) is 11.1. The third-order valence-corrected chi connectivity index (χ3v) is 5.39. The van der Waals surface area contributed by atoms with Crippen molar-refractivity contribution < 1.29 is 14.3 Å². The van der Waals surface area contributed by atoms with Gasteiger partial charge in [0.2, 0.25) is 5.91 Å². The Kier molecular flexibility index (Phi) is 7.75. The molecule has 182 valence electrons. The number of benzene rings is 2. The molecule has 3 aromatic rings. The quantitative estimate of drug-likeness (QED) is 0.509. The molecule has 2 amide bonds. The summed E-state index contributed by atoms with van der Waals surface area (Å²) >= 11 is 0. The van der Waals surface area contributed by atoms with E-state index in [1.165, 1.54) is 11.8 Å². The maximum Gasteiger partial charge on any atom is 0.410 e. The monoisotopic (exact) mass is 472 g/mol. The van der Waals surface area contributed by atoms with Gasteiger partial charge in [-0.2, -0.15) is 5.26 Å². The van der Waals surface area contributed by atoms with Gasteiger partial charge in [-0.05, 0) is 87.1 Å². The Bertz CT molecular complexity index is 1300. The minimum absolute atomic E-state index is 0.155. The predicted molar refractivity (Wildman–Crippen MR) is 137 cm³/mol. The van der Waals surface area contributed by atoms with Gasteiger partial charge >= 0.3 is 6.09 Å². The summed E-state index contributed by atoms with van der Waals surface area (Å²) in [6.45, 7) is 9.31. The molecule has 0 radical (unpaired) electrons. The third kappa shape index (κ3) is 7.28. The summed E-state index contributed by atoms with van der Waals surface area (Å²) in [5, 5.41) is 13.3. The molecule has 0 aliphatic heterocycles. The van der Waals surface area contributed by atoms with Crippen LogP contribution in [0.25, 0.3) is 10.9 Å². The predicted octanol–water partition coefficient (Wildman–Crippen LogP) is 5.53. The standard InChI is InChI=1S/C28H32N4O3/c1-18-11-26(30-19(2)33)31-25-15-20(9-10-24(18)25)7-8-21-12-22(16-29)14-23(13-21)17-32(6)27(34)35-28(3,4)5/h9-15H,7-8,17H2,1-6H3,(H,30,31,33). The Morgan fingerprint density at radius 2 is 1.74 bits per heavy atom. The van der Waals surface area contributed by atoms with Crippen molar-refractivity contribution in [1.29, 1.82) is 5.26 Å². The number of carbonyl (C=O) groups excluding carboxylic acids is 2. The van der Waals surface area contributed by atoms with Gasteiger partial charge in [0, 0.05) is 25.9 Å². The van der Waals surface area contributed by atoms with Crippen molar-refractivity contribution in [3.8, 4) is 6.07 Å². The Morgan fingerprint density at radius 1 is 1.06 bits per heavy atom. The van der Waals surface area contributed by atoms with Crippen molar-refractivity contribution in [2.75, 3.05) is 12.4 Å². The molecule has 0 saturated carbocycles. The Balaban J connectivity index is 1.77. The number of nitrogens with one attached hydrogen (secondary N) is 1. The van der Waals surface area contributed by atoms with Crippen LogP contribution >= 0.6 is 0 Å². The van der Waals surface area contributed by atoms with Gasteiger partial charge in [-0.25, -0.2) is 9.78 Å². The fourth-order valence-electron chi connectivity index (χ4n) is 3.88. The molecule has 0 aliphatic carbocycles. The number of amides is 2. The first-order valence-electron chi connectivity index (χ1n) is 11.6. The van der Waals surface area contributed by atoms with E-state index in [1.54, 1.807) is 13.1 Å². The van der Waals surface area contributed by atoms with Crippen LogP contribution in [0.2, 0.25) is 0 Å². The molecule has 0 saturated heterocycles. The Labute approximate surface area is 206 Å². The highest BCUT2D eigenvalue weighted by Crippen LogP contribution is 2.23. The first-order chi connectivity index (χ1) is 16.4. The largest absolute Gasteiger partial charge is 0.444 e. The maximum atomic E-state index is 12.3. The molecule has 0 aliphatic rings. The molecule has 0 atom stereocenters. The molecule has 1 N–H and O–H groups in total. The highest BCUT2D eigenvalue weighted by Gasteiger charge is 2.20. The average Bonchev–Trinajstić information content (AvgIpc) is 2.75. The second-order valence-corrected chi connectivity index (χ2v) is 9.84. The van der Waals surface area contributed by atoms with Gasteiger partial charge < -0.3 is 15.0 Å². The molecule has 3 rings (SSSR count). The van der Waals surface area contributed by atoms with E-state index in [0.717, 1.165) is 46.0 Å². The molecule has 2 aromatic carbocycles. The number of aromatic nitrogens is 1. The van der Waals surface area contributed by atoms with E-state index in [9.17, 15) is 14.9 Å². The molecule has 0 unspecified atom stereocenters. The van der Waals surface area contributed by atoms with Crippen LogP contribution in [0, 0.1) is 18.3 Å². The molecule has 0 spiro atoms. The van der Waals surface area contributed by atoms with E-state index >= 15 is 0 Å². The highest BCUT2D eigenvalue weighted by atomic mass is 16.6. The number of hydrogen-bond acceptors (Lipinski definition) is 5. The summed E-state index contributed by atoms with van der Waals surface area (Å²) in [6.07, 6.45) is 1.09. The number of anilines is 1. The maximum absolute atomic E-state index is 12.3. The number of aryl methyl sites for hydroxylation is 3. The van der Waals surface area contributed by atoms with Crippen molar-refractivity contribution in [3.05, 3.63) is 70.3 Å². The molecule has 1 heterocycles. The zero-order valence-electron chi connectivity index (χ0n) is 21.2. The number of nitrogens with zero attached hydrogens (tertiary/aromatic N) is 3. The second-order valence-electron chi connectivity index (χ2n) is 9.84. The minimum Gasteiger partial charge on any atom is -0.444 e. The second kappa shape index (κ2) is 10.6. The van der Waals surface area contributed by atoms with Gasteiger partial charge in [-0.1, -0.05) is 18.2 Å². The molecular formula is C28H32N4O3. The van der Waals surface area contributed by atoms with Gasteiger partial charge in [0.05, 0.1) is 17.1 Å². The summed E-state index contributed by atoms with van der Waals surface area (Å²) in [4.78, 5) is 29.9. The van der Waals surface area contributed by atoms with E-state index in [-0.39, 0.29) is 5.91 Å². The van der Waals surface area contributed by atoms with Crippen LogP contribution in [0.1, 0.15) is 55.5 Å². The lowest BCUT2D eigenvalue weighted by molar-refractivity contribution is -0.114. The summed E-state index contributed by atoms with van der Waals surface area (Å²) < 4.78 is 5.43. The Hall–Kier alpha value is -3.92. The first kappa shape index (κ1) is 25.7. The number of carbonyl (C=O) groups is 2. The van der Waals surface area contributed by atoms with Crippen molar-refractivity contribution >= 4 is 28.7 Å². The topological polar surface area (TPSA) is 95.3 Å². The fourth-order valence-corrected chi connectivity index (χ4v) is 3.88. The van der Waals surface area contributed by atoms with Crippen molar-refractivity contribution in [1.82, 2.24) is 9.88 Å². The Morgan fingerprint density at radius 3 is 2.40 bits per heavy atom. The summed E-state index contributed by atoms with van der Waals surface area (Å²) in [5.74, 6) is 0.387. The first-order valence-corrected chi connectivity index (χ1v) is 11.6. The van der Waals surface area contributed by atoms with Crippen LogP contribution in [0.4, 0.5) is 10.6 Å². The third-order valence-electron chi connectivity index (χ3n) is 5.39. The number of pyridine rings is 1. The highest BCUT2D eigenvalue weighted by molar-refractivity contribution is 5.91. The van der Waals surface area contributed by atoms with E-state index in [2.05, 4.69) is 28.5 Å². The lowest BCUT2D eigenvalue weighted by atomic mass is 9.98.